The van der Waals surface area contributed by atoms with Gasteiger partial charge in [-0.2, -0.15) is 0 Å². The molecule has 0 fully saturated rings. The van der Waals surface area contributed by atoms with Crippen LogP contribution in [0.3, 0.4) is 0 Å². The largest absolute Gasteiger partial charge is 0.492 e. The number of carbonyl (C=O) groups is 1. The zero-order valence-corrected chi connectivity index (χ0v) is 20.2. The molecule has 7 heteroatoms. The van der Waals surface area contributed by atoms with Crippen LogP contribution >= 0.6 is 28.1 Å². The fourth-order valence-corrected chi connectivity index (χ4v) is 3.14. The lowest BCUT2D eigenvalue weighted by atomic mass is 10.1. The number of carbonyl (C=O) groups excluding carboxylic acids is 1. The van der Waals surface area contributed by atoms with E-state index >= 15 is 0 Å². The molecule has 1 amide bonds. The summed E-state index contributed by atoms with van der Waals surface area (Å²) in [6, 6.07) is 12.7. The quantitative estimate of drug-likeness (QED) is 0.418. The fourth-order valence-electron chi connectivity index (χ4n) is 2.44. The highest BCUT2D eigenvalue weighted by molar-refractivity contribution is 9.10. The average Bonchev–Trinajstić information content (AvgIpc) is 2.68. The van der Waals surface area contributed by atoms with E-state index in [1.54, 1.807) is 18.2 Å². The second-order valence-electron chi connectivity index (χ2n) is 7.79. The lowest BCUT2D eigenvalue weighted by Gasteiger charge is -2.15. The Hall–Kier alpha value is -2.12. The third kappa shape index (κ3) is 7.95. The number of hydrogen-bond acceptors (Lipinski definition) is 4. The van der Waals surface area contributed by atoms with Crippen LogP contribution in [0.4, 0.5) is 5.69 Å². The van der Waals surface area contributed by atoms with Crippen molar-refractivity contribution in [3.63, 3.8) is 0 Å². The van der Waals surface area contributed by atoms with Crippen LogP contribution in [0.5, 0.6) is 11.5 Å². The van der Waals surface area contributed by atoms with Gasteiger partial charge in [-0.3, -0.25) is 10.1 Å². The van der Waals surface area contributed by atoms with Gasteiger partial charge in [0.15, 0.2) is 5.11 Å². The molecule has 0 bridgehead atoms. The van der Waals surface area contributed by atoms with E-state index in [-0.39, 0.29) is 11.0 Å². The topological polar surface area (TPSA) is 59.6 Å². The normalized spacial score (nSPS) is 10.8. The zero-order chi connectivity index (χ0) is 22.1. The van der Waals surface area contributed by atoms with Gasteiger partial charge in [0.1, 0.15) is 11.5 Å². The standard InChI is InChI=1S/C23H29BrN2O3S/c1-15(2)11-12-28-20-10-9-17(13-18(20)24)22(27)26-23(30)25-19-7-5-6-8-21(19)29-14-16(3)4/h5-10,13,15-16H,11-12,14H2,1-4H3,(H2,25,26,27,30). The lowest BCUT2D eigenvalue weighted by Crippen LogP contribution is -2.34. The molecule has 0 atom stereocenters. The van der Waals surface area contributed by atoms with Gasteiger partial charge in [-0.25, -0.2) is 0 Å². The second-order valence-corrected chi connectivity index (χ2v) is 9.05. The first-order valence-corrected chi connectivity index (χ1v) is 11.2. The number of thiocarbonyl (C=S) groups is 1. The Kier molecular flexibility index (Phi) is 9.59. The summed E-state index contributed by atoms with van der Waals surface area (Å²) in [6.45, 7) is 9.69. The van der Waals surface area contributed by atoms with Crippen LogP contribution in [-0.4, -0.2) is 24.2 Å². The van der Waals surface area contributed by atoms with Crippen LogP contribution < -0.4 is 20.1 Å². The van der Waals surface area contributed by atoms with Crippen LogP contribution in [0.1, 0.15) is 44.5 Å². The number of ether oxygens (including phenoxy) is 2. The molecule has 162 valence electrons. The van der Waals surface area contributed by atoms with Gasteiger partial charge in [0.05, 0.1) is 23.4 Å². The van der Waals surface area contributed by atoms with E-state index in [4.69, 9.17) is 21.7 Å². The maximum atomic E-state index is 12.6. The molecule has 0 saturated heterocycles. The van der Waals surface area contributed by atoms with Crippen molar-refractivity contribution in [2.75, 3.05) is 18.5 Å². The SMILES string of the molecule is CC(C)CCOc1ccc(C(=O)NC(=S)Nc2ccccc2OCC(C)C)cc1Br. The highest BCUT2D eigenvalue weighted by Crippen LogP contribution is 2.27. The summed E-state index contributed by atoms with van der Waals surface area (Å²) in [5.41, 5.74) is 1.19. The van der Waals surface area contributed by atoms with E-state index in [1.165, 1.54) is 0 Å². The van der Waals surface area contributed by atoms with Crippen molar-refractivity contribution < 1.29 is 14.3 Å². The molecule has 0 unspecified atom stereocenters. The highest BCUT2D eigenvalue weighted by Gasteiger charge is 2.13. The van der Waals surface area contributed by atoms with Gasteiger partial charge in [-0.15, -0.1) is 0 Å². The Morgan fingerprint density at radius 2 is 1.77 bits per heavy atom. The van der Waals surface area contributed by atoms with E-state index in [1.807, 2.05) is 24.3 Å². The maximum absolute atomic E-state index is 12.6. The Bertz CT molecular complexity index is 871. The van der Waals surface area contributed by atoms with Crippen molar-refractivity contribution in [2.24, 2.45) is 11.8 Å². The molecule has 0 spiro atoms. The van der Waals surface area contributed by atoms with Gasteiger partial charge in [0.2, 0.25) is 0 Å². The predicted molar refractivity (Wildman–Crippen MR) is 130 cm³/mol. The van der Waals surface area contributed by atoms with E-state index in [9.17, 15) is 4.79 Å². The first-order valence-electron chi connectivity index (χ1n) is 10.0. The number of halogens is 1. The Balaban J connectivity index is 1.96. The molecule has 0 aliphatic heterocycles. The van der Waals surface area contributed by atoms with Crippen LogP contribution in [0.2, 0.25) is 0 Å². The molecular weight excluding hydrogens is 464 g/mol. The molecule has 0 aliphatic rings. The van der Waals surface area contributed by atoms with Crippen molar-refractivity contribution in [1.29, 1.82) is 0 Å². The van der Waals surface area contributed by atoms with E-state index in [0.717, 1.165) is 10.9 Å². The van der Waals surface area contributed by atoms with E-state index in [2.05, 4.69) is 54.3 Å². The number of benzene rings is 2. The fraction of sp³-hybridized carbons (Fsp3) is 0.391. The average molecular weight is 493 g/mol. The predicted octanol–water partition coefficient (Wildman–Crippen LogP) is 6.04. The molecule has 0 heterocycles. The first kappa shape index (κ1) is 24.2. The molecule has 2 rings (SSSR count). The van der Waals surface area contributed by atoms with Crippen molar-refractivity contribution in [1.82, 2.24) is 5.32 Å². The van der Waals surface area contributed by atoms with E-state index in [0.29, 0.717) is 47.8 Å². The van der Waals surface area contributed by atoms with Crippen LogP contribution in [0, 0.1) is 11.8 Å². The minimum Gasteiger partial charge on any atom is -0.492 e. The molecule has 30 heavy (non-hydrogen) atoms. The molecule has 0 radical (unpaired) electrons. The number of para-hydroxylation sites is 2. The lowest BCUT2D eigenvalue weighted by molar-refractivity contribution is 0.0977. The van der Waals surface area contributed by atoms with Gasteiger partial charge in [-0.1, -0.05) is 39.8 Å². The van der Waals surface area contributed by atoms with Gasteiger partial charge in [0.25, 0.3) is 5.91 Å². The summed E-state index contributed by atoms with van der Waals surface area (Å²) in [7, 11) is 0. The van der Waals surface area contributed by atoms with Crippen LogP contribution in [0.25, 0.3) is 0 Å². The summed E-state index contributed by atoms with van der Waals surface area (Å²) in [6.07, 6.45) is 0.969. The van der Waals surface area contributed by atoms with E-state index < -0.39 is 0 Å². The monoisotopic (exact) mass is 492 g/mol. The molecular formula is C23H29BrN2O3S. The van der Waals surface area contributed by atoms with Crippen molar-refractivity contribution in [3.8, 4) is 11.5 Å². The summed E-state index contributed by atoms with van der Waals surface area (Å²) >= 11 is 8.78. The van der Waals surface area contributed by atoms with Crippen molar-refractivity contribution >= 4 is 44.9 Å². The number of rotatable bonds is 9. The number of amides is 1. The molecule has 2 aromatic carbocycles. The van der Waals surface area contributed by atoms with Crippen molar-refractivity contribution in [3.05, 3.63) is 52.5 Å². The Labute approximate surface area is 192 Å². The molecule has 0 aromatic heterocycles. The molecule has 5 nitrogen and oxygen atoms in total. The third-order valence-corrected chi connectivity index (χ3v) is 4.91. The first-order chi connectivity index (χ1) is 14.3. The highest BCUT2D eigenvalue weighted by atomic mass is 79.9. The minimum atomic E-state index is -0.303. The van der Waals surface area contributed by atoms with Crippen LogP contribution in [-0.2, 0) is 0 Å². The summed E-state index contributed by atoms with van der Waals surface area (Å²) < 4.78 is 12.3. The summed E-state index contributed by atoms with van der Waals surface area (Å²) in [5.74, 6) is 2.07. The van der Waals surface area contributed by atoms with Gasteiger partial charge < -0.3 is 14.8 Å². The van der Waals surface area contributed by atoms with Gasteiger partial charge in [0, 0.05) is 5.56 Å². The minimum absolute atomic E-state index is 0.203. The summed E-state index contributed by atoms with van der Waals surface area (Å²) in [4.78, 5) is 12.6. The zero-order valence-electron chi connectivity index (χ0n) is 17.8. The third-order valence-electron chi connectivity index (χ3n) is 4.08. The summed E-state index contributed by atoms with van der Waals surface area (Å²) in [5, 5.41) is 5.95. The van der Waals surface area contributed by atoms with Crippen molar-refractivity contribution in [2.45, 2.75) is 34.1 Å². The number of anilines is 1. The molecule has 0 saturated carbocycles. The van der Waals surface area contributed by atoms with Crippen LogP contribution in [0.15, 0.2) is 46.9 Å². The number of hydrogen-bond donors (Lipinski definition) is 2. The number of nitrogens with one attached hydrogen (secondary N) is 2. The maximum Gasteiger partial charge on any atom is 0.257 e. The Morgan fingerprint density at radius 1 is 1.03 bits per heavy atom. The molecule has 2 N–H and O–H groups in total. The molecule has 0 aliphatic carbocycles. The second kappa shape index (κ2) is 11.9. The smallest absolute Gasteiger partial charge is 0.257 e. The Morgan fingerprint density at radius 3 is 2.43 bits per heavy atom. The van der Waals surface area contributed by atoms with Gasteiger partial charge >= 0.3 is 0 Å². The molecule has 2 aromatic rings. The van der Waals surface area contributed by atoms with Gasteiger partial charge in [-0.05, 0) is 76.7 Å².